The van der Waals surface area contributed by atoms with E-state index < -0.39 is 40.5 Å². The van der Waals surface area contributed by atoms with E-state index in [0.717, 1.165) is 0 Å². The van der Waals surface area contributed by atoms with Gasteiger partial charge in [0.2, 0.25) is 11.8 Å². The fraction of sp³-hybridized carbons (Fsp3) is 0.385. The highest BCUT2D eigenvalue weighted by atomic mass is 32.2. The molecule has 2 rings (SSSR count). The van der Waals surface area contributed by atoms with Crippen molar-refractivity contribution < 1.29 is 35.9 Å². The number of hydrogen-bond donors (Lipinski definition) is 1. The topological polar surface area (TPSA) is 46.2 Å². The minimum Gasteiger partial charge on any atom is -0.295 e. The van der Waals surface area contributed by atoms with Gasteiger partial charge in [0.25, 0.3) is 0 Å². The average Bonchev–Trinajstić information content (AvgIpc) is 2.40. The van der Waals surface area contributed by atoms with Crippen LogP contribution in [0.25, 0.3) is 0 Å². The molecule has 1 aromatic carbocycles. The third kappa shape index (κ3) is 4.40. The Morgan fingerprint density at radius 1 is 0.957 bits per heavy atom. The first-order chi connectivity index (χ1) is 10.5. The van der Waals surface area contributed by atoms with Crippen LogP contribution in [0.3, 0.4) is 0 Å². The Labute approximate surface area is 130 Å². The van der Waals surface area contributed by atoms with E-state index in [0.29, 0.717) is 23.9 Å². The SMILES string of the molecule is O=C1CCC(Sc2cc(C(F)(F)F)cc(C(F)(F)F)c2)C(=O)N1. The van der Waals surface area contributed by atoms with Crippen molar-refractivity contribution in [2.45, 2.75) is 35.3 Å². The van der Waals surface area contributed by atoms with Gasteiger partial charge < -0.3 is 0 Å². The zero-order valence-electron chi connectivity index (χ0n) is 11.2. The molecular formula is C13H9F6NO2S. The van der Waals surface area contributed by atoms with E-state index in [9.17, 15) is 35.9 Å². The summed E-state index contributed by atoms with van der Waals surface area (Å²) in [5.74, 6) is -1.25. The number of carbonyl (C=O) groups excluding carboxylic acids is 2. The van der Waals surface area contributed by atoms with Crippen LogP contribution in [0.5, 0.6) is 0 Å². The summed E-state index contributed by atoms with van der Waals surface area (Å²) in [5, 5.41) is 1.08. The molecule has 126 valence electrons. The van der Waals surface area contributed by atoms with Crippen LogP contribution in [0.1, 0.15) is 24.0 Å². The molecule has 0 aliphatic carbocycles. The lowest BCUT2D eigenvalue weighted by Crippen LogP contribution is -2.42. The third-order valence-corrected chi connectivity index (χ3v) is 4.27. The fourth-order valence-corrected chi connectivity index (χ4v) is 3.07. The van der Waals surface area contributed by atoms with E-state index >= 15 is 0 Å². The molecule has 1 fully saturated rings. The molecule has 0 aromatic heterocycles. The van der Waals surface area contributed by atoms with Gasteiger partial charge >= 0.3 is 12.4 Å². The van der Waals surface area contributed by atoms with Gasteiger partial charge in [-0.1, -0.05) is 0 Å². The molecular weight excluding hydrogens is 348 g/mol. The zero-order valence-corrected chi connectivity index (χ0v) is 12.0. The quantitative estimate of drug-likeness (QED) is 0.650. The first-order valence-electron chi connectivity index (χ1n) is 6.26. The first-order valence-corrected chi connectivity index (χ1v) is 7.14. The van der Waals surface area contributed by atoms with Crippen LogP contribution < -0.4 is 5.32 Å². The molecule has 2 amide bonds. The Hall–Kier alpha value is -1.71. The second kappa shape index (κ2) is 6.06. The van der Waals surface area contributed by atoms with Crippen molar-refractivity contribution in [1.29, 1.82) is 0 Å². The van der Waals surface area contributed by atoms with Gasteiger partial charge in [-0.25, -0.2) is 0 Å². The maximum absolute atomic E-state index is 12.7. The number of piperidine rings is 1. The molecule has 1 saturated heterocycles. The minimum atomic E-state index is -4.94. The van der Waals surface area contributed by atoms with Gasteiger partial charge in [0.1, 0.15) is 0 Å². The number of nitrogens with one attached hydrogen (secondary N) is 1. The molecule has 10 heteroatoms. The number of thioether (sulfide) groups is 1. The van der Waals surface area contributed by atoms with Crippen molar-refractivity contribution in [3.05, 3.63) is 29.3 Å². The number of alkyl halides is 6. The molecule has 1 N–H and O–H groups in total. The summed E-state index contributed by atoms with van der Waals surface area (Å²) in [7, 11) is 0. The van der Waals surface area contributed by atoms with Crippen molar-refractivity contribution in [2.24, 2.45) is 0 Å². The Balaban J connectivity index is 2.34. The third-order valence-electron chi connectivity index (χ3n) is 3.03. The fourth-order valence-electron chi connectivity index (χ4n) is 1.94. The molecule has 1 aliphatic heterocycles. The molecule has 0 bridgehead atoms. The van der Waals surface area contributed by atoms with Gasteiger partial charge in [0.05, 0.1) is 16.4 Å². The van der Waals surface area contributed by atoms with Crippen LogP contribution in [-0.2, 0) is 21.9 Å². The van der Waals surface area contributed by atoms with Crippen LogP contribution >= 0.6 is 11.8 Å². The second-order valence-corrected chi connectivity index (χ2v) is 6.08. The van der Waals surface area contributed by atoms with Gasteiger partial charge in [0.15, 0.2) is 0 Å². The lowest BCUT2D eigenvalue weighted by molar-refractivity contribution is -0.143. The molecule has 1 aromatic rings. The van der Waals surface area contributed by atoms with Gasteiger partial charge in [-0.3, -0.25) is 14.9 Å². The van der Waals surface area contributed by atoms with E-state index in [4.69, 9.17) is 0 Å². The van der Waals surface area contributed by atoms with Crippen molar-refractivity contribution in [1.82, 2.24) is 5.32 Å². The lowest BCUT2D eigenvalue weighted by atomic mass is 10.1. The van der Waals surface area contributed by atoms with Crippen LogP contribution in [0.4, 0.5) is 26.3 Å². The van der Waals surface area contributed by atoms with Crippen LogP contribution in [-0.4, -0.2) is 17.1 Å². The predicted molar refractivity (Wildman–Crippen MR) is 68.5 cm³/mol. The Morgan fingerprint density at radius 3 is 1.91 bits per heavy atom. The number of rotatable bonds is 2. The summed E-state index contributed by atoms with van der Waals surface area (Å²) in [6.07, 6.45) is -9.86. The summed E-state index contributed by atoms with van der Waals surface area (Å²) in [5.41, 5.74) is -2.88. The number of amides is 2. The summed E-state index contributed by atoms with van der Waals surface area (Å²) in [4.78, 5) is 22.2. The summed E-state index contributed by atoms with van der Waals surface area (Å²) < 4.78 is 76.5. The van der Waals surface area contributed by atoms with Gasteiger partial charge in [-0.05, 0) is 24.6 Å². The number of halogens is 6. The van der Waals surface area contributed by atoms with E-state index in [1.54, 1.807) is 0 Å². The van der Waals surface area contributed by atoms with Gasteiger partial charge in [0, 0.05) is 11.3 Å². The molecule has 0 saturated carbocycles. The molecule has 0 spiro atoms. The zero-order chi connectivity index (χ0) is 17.4. The Bertz CT molecular complexity index is 608. The summed E-state index contributed by atoms with van der Waals surface area (Å²) in [6.45, 7) is 0. The van der Waals surface area contributed by atoms with Crippen molar-refractivity contribution in [3.8, 4) is 0 Å². The maximum atomic E-state index is 12.7. The standard InChI is InChI=1S/C13H9F6NO2S/c14-12(15,16)6-3-7(13(17,18)19)5-8(4-6)23-9-1-2-10(21)20-11(9)22/h3-5,9H,1-2H2,(H,20,21,22). The molecule has 3 nitrogen and oxygen atoms in total. The van der Waals surface area contributed by atoms with E-state index in [2.05, 4.69) is 0 Å². The number of benzene rings is 1. The van der Waals surface area contributed by atoms with Crippen LogP contribution in [0.2, 0.25) is 0 Å². The minimum absolute atomic E-state index is 0.0193. The van der Waals surface area contributed by atoms with Crippen molar-refractivity contribution in [2.75, 3.05) is 0 Å². The Morgan fingerprint density at radius 2 is 1.48 bits per heavy atom. The summed E-state index contributed by atoms with van der Waals surface area (Å²) in [6, 6.07) is 1.14. The predicted octanol–water partition coefficient (Wildman–Crippen LogP) is 3.62. The average molecular weight is 357 g/mol. The number of carbonyl (C=O) groups is 2. The smallest absolute Gasteiger partial charge is 0.295 e. The van der Waals surface area contributed by atoms with E-state index in [-0.39, 0.29) is 23.8 Å². The first kappa shape index (κ1) is 17.6. The highest BCUT2D eigenvalue weighted by Crippen LogP contribution is 2.39. The monoisotopic (exact) mass is 357 g/mol. The molecule has 1 aliphatic rings. The van der Waals surface area contributed by atoms with E-state index in [1.165, 1.54) is 0 Å². The lowest BCUT2D eigenvalue weighted by Gasteiger charge is -2.21. The molecule has 23 heavy (non-hydrogen) atoms. The van der Waals surface area contributed by atoms with Crippen LogP contribution in [0, 0.1) is 0 Å². The van der Waals surface area contributed by atoms with Gasteiger partial charge in [-0.15, -0.1) is 11.8 Å². The highest BCUT2D eigenvalue weighted by Gasteiger charge is 2.37. The van der Waals surface area contributed by atoms with Crippen LogP contribution in [0.15, 0.2) is 23.1 Å². The number of imide groups is 1. The summed E-state index contributed by atoms with van der Waals surface area (Å²) >= 11 is 0.571. The molecule has 1 heterocycles. The van der Waals surface area contributed by atoms with E-state index in [1.807, 2.05) is 5.32 Å². The normalized spacial score (nSPS) is 19.7. The van der Waals surface area contributed by atoms with Crippen molar-refractivity contribution >= 4 is 23.6 Å². The highest BCUT2D eigenvalue weighted by molar-refractivity contribution is 8.00. The molecule has 0 radical (unpaired) electrons. The van der Waals surface area contributed by atoms with Crippen molar-refractivity contribution in [3.63, 3.8) is 0 Å². The van der Waals surface area contributed by atoms with Gasteiger partial charge in [-0.2, -0.15) is 26.3 Å². The second-order valence-electron chi connectivity index (χ2n) is 4.80. The Kier molecular flexibility index (Phi) is 4.65. The maximum Gasteiger partial charge on any atom is 0.416 e. The number of hydrogen-bond acceptors (Lipinski definition) is 3. The molecule has 1 atom stereocenters. The molecule has 1 unspecified atom stereocenters. The largest absolute Gasteiger partial charge is 0.416 e.